The van der Waals surface area contributed by atoms with Crippen molar-refractivity contribution in [3.8, 4) is 0 Å². The second kappa shape index (κ2) is 4.14. The lowest BCUT2D eigenvalue weighted by molar-refractivity contribution is 0.148. The smallest absolute Gasteiger partial charge is 0.266 e. The number of nitrogens with two attached hydrogens (primary N) is 2. The predicted molar refractivity (Wildman–Crippen MR) is 54.2 cm³/mol. The van der Waals surface area contributed by atoms with Crippen LogP contribution in [0.25, 0.3) is 0 Å². The van der Waals surface area contributed by atoms with Gasteiger partial charge in [0.1, 0.15) is 9.52 Å². The van der Waals surface area contributed by atoms with E-state index < -0.39 is 6.43 Å². The van der Waals surface area contributed by atoms with E-state index in [4.69, 9.17) is 11.5 Å². The van der Waals surface area contributed by atoms with Crippen LogP contribution in [0.5, 0.6) is 0 Å². The van der Waals surface area contributed by atoms with Crippen LogP contribution in [0.15, 0.2) is 6.07 Å². The molecular weight excluding hydrogens is 291 g/mol. The Kier molecular flexibility index (Phi) is 3.37. The summed E-state index contributed by atoms with van der Waals surface area (Å²) in [6, 6.07) is 1.38. The van der Waals surface area contributed by atoms with Gasteiger partial charge in [-0.25, -0.2) is 13.8 Å². The molecule has 0 aromatic carbocycles. The van der Waals surface area contributed by atoms with E-state index in [-0.39, 0.29) is 21.6 Å². The fourth-order valence-electron chi connectivity index (χ4n) is 0.994. The van der Waals surface area contributed by atoms with Crippen molar-refractivity contribution < 1.29 is 8.78 Å². The average Bonchev–Trinajstić information content (AvgIpc) is 2.01. The molecular formula is C7H8F2IN3. The number of halogens is 3. The van der Waals surface area contributed by atoms with Gasteiger partial charge in [0.25, 0.3) is 6.43 Å². The second-order valence-corrected chi connectivity index (χ2v) is 3.44. The Hall–Kier alpha value is -0.500. The summed E-state index contributed by atoms with van der Waals surface area (Å²) in [4.78, 5) is 3.73. The molecule has 0 unspecified atom stereocenters. The Morgan fingerprint density at radius 3 is 2.62 bits per heavy atom. The Labute approximate surface area is 87.7 Å². The van der Waals surface area contributed by atoms with E-state index in [2.05, 4.69) is 4.98 Å². The summed E-state index contributed by atoms with van der Waals surface area (Å²) in [6.07, 6.45) is -2.56. The fourth-order valence-corrected chi connectivity index (χ4v) is 1.85. The molecule has 13 heavy (non-hydrogen) atoms. The van der Waals surface area contributed by atoms with Gasteiger partial charge < -0.3 is 11.5 Å². The Bertz CT molecular complexity index is 317. The Balaban J connectivity index is 3.30. The zero-order valence-corrected chi connectivity index (χ0v) is 8.76. The van der Waals surface area contributed by atoms with Gasteiger partial charge in [0, 0.05) is 6.54 Å². The first kappa shape index (κ1) is 10.6. The molecule has 0 bridgehead atoms. The van der Waals surface area contributed by atoms with Crippen LogP contribution in [-0.2, 0) is 6.54 Å². The van der Waals surface area contributed by atoms with Crippen molar-refractivity contribution in [2.45, 2.75) is 13.0 Å². The third kappa shape index (κ3) is 2.25. The lowest BCUT2D eigenvalue weighted by atomic mass is 10.1. The van der Waals surface area contributed by atoms with Gasteiger partial charge in [-0.05, 0) is 34.2 Å². The summed E-state index contributed by atoms with van der Waals surface area (Å²) in [5, 5.41) is 0. The summed E-state index contributed by atoms with van der Waals surface area (Å²) >= 11 is 1.72. The molecule has 0 saturated heterocycles. The number of rotatable bonds is 2. The first-order valence-electron chi connectivity index (χ1n) is 3.49. The standard InChI is InChI=1S/C7H8F2IN3/c8-6(9)5-3(2-11)1-4(12)13-7(5)10/h1,6H,2,11H2,(H2,12,13). The minimum Gasteiger partial charge on any atom is -0.384 e. The minimum absolute atomic E-state index is 0.0440. The maximum absolute atomic E-state index is 12.5. The molecule has 1 aromatic rings. The quantitative estimate of drug-likeness (QED) is 0.645. The summed E-state index contributed by atoms with van der Waals surface area (Å²) in [5.41, 5.74) is 10.9. The van der Waals surface area contributed by atoms with Crippen molar-refractivity contribution in [3.63, 3.8) is 0 Å². The summed E-state index contributed by atoms with van der Waals surface area (Å²) in [5.74, 6) is 0.217. The van der Waals surface area contributed by atoms with Gasteiger partial charge >= 0.3 is 0 Å². The zero-order valence-electron chi connectivity index (χ0n) is 6.60. The number of hydrogen-bond acceptors (Lipinski definition) is 3. The highest BCUT2D eigenvalue weighted by molar-refractivity contribution is 14.1. The lowest BCUT2D eigenvalue weighted by Crippen LogP contribution is -2.07. The van der Waals surface area contributed by atoms with Gasteiger partial charge in [-0.2, -0.15) is 0 Å². The van der Waals surface area contributed by atoms with Crippen LogP contribution in [0.2, 0.25) is 0 Å². The SMILES string of the molecule is NCc1cc(N)nc(I)c1C(F)F. The molecule has 0 spiro atoms. The fraction of sp³-hybridized carbons (Fsp3) is 0.286. The summed E-state index contributed by atoms with van der Waals surface area (Å²) < 4.78 is 25.1. The van der Waals surface area contributed by atoms with Crippen molar-refractivity contribution in [1.29, 1.82) is 0 Å². The van der Waals surface area contributed by atoms with E-state index in [0.29, 0.717) is 5.56 Å². The van der Waals surface area contributed by atoms with Gasteiger partial charge in [-0.15, -0.1) is 0 Å². The van der Waals surface area contributed by atoms with Crippen molar-refractivity contribution in [1.82, 2.24) is 4.98 Å². The number of aromatic nitrogens is 1. The highest BCUT2D eigenvalue weighted by Gasteiger charge is 2.17. The lowest BCUT2D eigenvalue weighted by Gasteiger charge is -2.09. The maximum Gasteiger partial charge on any atom is 0.266 e. The molecule has 4 N–H and O–H groups in total. The summed E-state index contributed by atoms with van der Waals surface area (Å²) in [7, 11) is 0. The average molecular weight is 299 g/mol. The third-order valence-corrected chi connectivity index (χ3v) is 2.38. The molecule has 72 valence electrons. The molecule has 3 nitrogen and oxygen atoms in total. The molecule has 0 aliphatic rings. The Morgan fingerprint density at radius 2 is 2.15 bits per heavy atom. The zero-order chi connectivity index (χ0) is 10.0. The first-order valence-corrected chi connectivity index (χ1v) is 4.57. The van der Waals surface area contributed by atoms with E-state index in [1.165, 1.54) is 6.07 Å². The molecule has 0 atom stereocenters. The monoisotopic (exact) mass is 299 g/mol. The normalized spacial score (nSPS) is 10.8. The Morgan fingerprint density at radius 1 is 1.54 bits per heavy atom. The molecule has 0 amide bonds. The molecule has 0 aliphatic carbocycles. The van der Waals surface area contributed by atoms with Crippen molar-refractivity contribution >= 4 is 28.4 Å². The van der Waals surface area contributed by atoms with Gasteiger partial charge in [0.05, 0.1) is 5.56 Å². The van der Waals surface area contributed by atoms with E-state index >= 15 is 0 Å². The number of hydrogen-bond donors (Lipinski definition) is 2. The van der Waals surface area contributed by atoms with Crippen molar-refractivity contribution in [3.05, 3.63) is 20.9 Å². The van der Waals surface area contributed by atoms with Gasteiger partial charge in [-0.3, -0.25) is 0 Å². The van der Waals surface area contributed by atoms with Crippen LogP contribution in [-0.4, -0.2) is 4.98 Å². The van der Waals surface area contributed by atoms with Crippen molar-refractivity contribution in [2.24, 2.45) is 5.73 Å². The van der Waals surface area contributed by atoms with Crippen LogP contribution in [0.4, 0.5) is 14.6 Å². The van der Waals surface area contributed by atoms with Crippen LogP contribution >= 0.6 is 22.6 Å². The first-order chi connectivity index (χ1) is 6.06. The number of anilines is 1. The molecule has 6 heteroatoms. The molecule has 1 rings (SSSR count). The van der Waals surface area contributed by atoms with E-state index in [0.717, 1.165) is 0 Å². The highest BCUT2D eigenvalue weighted by atomic mass is 127. The molecule has 0 aliphatic heterocycles. The third-order valence-electron chi connectivity index (χ3n) is 1.56. The molecule has 1 heterocycles. The highest BCUT2D eigenvalue weighted by Crippen LogP contribution is 2.27. The number of alkyl halides is 2. The van der Waals surface area contributed by atoms with E-state index in [1.807, 2.05) is 0 Å². The molecule has 1 aromatic heterocycles. The van der Waals surface area contributed by atoms with Crippen LogP contribution in [0.3, 0.4) is 0 Å². The molecule has 0 fully saturated rings. The number of pyridine rings is 1. The summed E-state index contributed by atoms with van der Waals surface area (Å²) in [6.45, 7) is 0.0440. The van der Waals surface area contributed by atoms with Gasteiger partial charge in [-0.1, -0.05) is 0 Å². The maximum atomic E-state index is 12.5. The number of nitrogen functional groups attached to an aromatic ring is 1. The van der Waals surface area contributed by atoms with Crippen molar-refractivity contribution in [2.75, 3.05) is 5.73 Å². The van der Waals surface area contributed by atoms with Gasteiger partial charge in [0.2, 0.25) is 0 Å². The largest absolute Gasteiger partial charge is 0.384 e. The van der Waals surface area contributed by atoms with E-state index in [1.54, 1.807) is 22.6 Å². The number of nitrogens with zero attached hydrogens (tertiary/aromatic N) is 1. The molecule has 0 radical (unpaired) electrons. The molecule has 0 saturated carbocycles. The predicted octanol–water partition coefficient (Wildman–Crippen LogP) is 1.66. The van der Waals surface area contributed by atoms with Crippen LogP contribution in [0.1, 0.15) is 17.6 Å². The second-order valence-electron chi connectivity index (χ2n) is 2.42. The van der Waals surface area contributed by atoms with Crippen LogP contribution in [0, 0.1) is 3.70 Å². The van der Waals surface area contributed by atoms with E-state index in [9.17, 15) is 8.78 Å². The minimum atomic E-state index is -2.56. The van der Waals surface area contributed by atoms with Crippen LogP contribution < -0.4 is 11.5 Å². The topological polar surface area (TPSA) is 64.9 Å². The van der Waals surface area contributed by atoms with Gasteiger partial charge in [0.15, 0.2) is 0 Å².